The number of nitrogens with one attached hydrogen (secondary N) is 1. The molecule has 31 heavy (non-hydrogen) atoms. The third kappa shape index (κ3) is 4.85. The van der Waals surface area contributed by atoms with Gasteiger partial charge in [0.05, 0.1) is 13.2 Å². The van der Waals surface area contributed by atoms with Crippen LogP contribution in [-0.2, 0) is 0 Å². The molecule has 1 amide bonds. The van der Waals surface area contributed by atoms with Crippen LogP contribution in [0, 0.1) is 0 Å². The summed E-state index contributed by atoms with van der Waals surface area (Å²) in [6.07, 6.45) is 7.10. The number of aromatic nitrogens is 2. The van der Waals surface area contributed by atoms with Crippen LogP contribution in [0.3, 0.4) is 0 Å². The van der Waals surface area contributed by atoms with Crippen LogP contribution < -0.4 is 15.0 Å². The Balaban J connectivity index is 1.47. The fraction of sp³-hybridized carbons (Fsp3) is 0.320. The highest BCUT2D eigenvalue weighted by Crippen LogP contribution is 2.29. The van der Waals surface area contributed by atoms with Gasteiger partial charge in [-0.25, -0.2) is 4.98 Å². The van der Waals surface area contributed by atoms with E-state index in [0.29, 0.717) is 5.56 Å². The summed E-state index contributed by atoms with van der Waals surface area (Å²) in [7, 11) is 1.64. The molecule has 4 rings (SSSR count). The van der Waals surface area contributed by atoms with Crippen molar-refractivity contribution in [1.82, 2.24) is 15.3 Å². The quantitative estimate of drug-likeness (QED) is 0.634. The lowest BCUT2D eigenvalue weighted by atomic mass is 10.1. The van der Waals surface area contributed by atoms with Gasteiger partial charge in [-0.15, -0.1) is 0 Å². The normalized spacial score (nSPS) is 14.7. The molecule has 1 aliphatic heterocycles. The van der Waals surface area contributed by atoms with Gasteiger partial charge in [-0.1, -0.05) is 24.3 Å². The van der Waals surface area contributed by atoms with Crippen LogP contribution in [0.1, 0.15) is 48.1 Å². The lowest BCUT2D eigenvalue weighted by molar-refractivity contribution is 0.0940. The average molecular weight is 417 g/mol. The molecule has 2 heterocycles. The van der Waals surface area contributed by atoms with Gasteiger partial charge in [-0.05, 0) is 56.0 Å². The molecule has 1 aliphatic rings. The molecule has 0 saturated carbocycles. The highest BCUT2D eigenvalue weighted by molar-refractivity contribution is 5.95. The van der Waals surface area contributed by atoms with Crippen molar-refractivity contribution in [1.29, 1.82) is 0 Å². The van der Waals surface area contributed by atoms with Gasteiger partial charge >= 0.3 is 0 Å². The Morgan fingerprint density at radius 2 is 1.65 bits per heavy atom. The lowest BCUT2D eigenvalue weighted by Gasteiger charge is -2.28. The predicted octanol–water partition coefficient (Wildman–Crippen LogP) is 4.63. The molecule has 2 aromatic carbocycles. The largest absolute Gasteiger partial charge is 0.497 e. The Morgan fingerprint density at radius 1 is 0.968 bits per heavy atom. The summed E-state index contributed by atoms with van der Waals surface area (Å²) in [4.78, 5) is 24.2. The third-order valence-electron chi connectivity index (χ3n) is 5.72. The van der Waals surface area contributed by atoms with Crippen molar-refractivity contribution in [3.05, 3.63) is 72.1 Å². The van der Waals surface area contributed by atoms with Crippen LogP contribution in [0.5, 0.6) is 5.75 Å². The number of benzene rings is 2. The minimum absolute atomic E-state index is 0.106. The number of methoxy groups -OCH3 is 1. The molecular weight excluding hydrogens is 388 g/mol. The Kier molecular flexibility index (Phi) is 6.46. The summed E-state index contributed by atoms with van der Waals surface area (Å²) in [5, 5.41) is 3.06. The molecule has 1 atom stereocenters. The molecule has 3 aromatic rings. The summed E-state index contributed by atoms with van der Waals surface area (Å²) >= 11 is 0. The predicted molar refractivity (Wildman–Crippen MR) is 122 cm³/mol. The second-order valence-corrected chi connectivity index (χ2v) is 7.82. The van der Waals surface area contributed by atoms with Gasteiger partial charge in [-0.2, -0.15) is 0 Å². The van der Waals surface area contributed by atoms with E-state index in [4.69, 9.17) is 4.74 Å². The van der Waals surface area contributed by atoms with Crippen LogP contribution in [0.2, 0.25) is 0 Å². The molecular formula is C25H28N4O2. The van der Waals surface area contributed by atoms with Crippen molar-refractivity contribution in [3.63, 3.8) is 0 Å². The van der Waals surface area contributed by atoms with Gasteiger partial charge in [0, 0.05) is 36.6 Å². The zero-order valence-corrected chi connectivity index (χ0v) is 18.0. The van der Waals surface area contributed by atoms with Crippen LogP contribution in [0.25, 0.3) is 11.3 Å². The Morgan fingerprint density at radius 3 is 2.32 bits per heavy atom. The summed E-state index contributed by atoms with van der Waals surface area (Å²) in [6.45, 7) is 3.99. The van der Waals surface area contributed by atoms with Crippen LogP contribution >= 0.6 is 0 Å². The molecule has 0 bridgehead atoms. The number of ether oxygens (including phenoxy) is 1. The fourth-order valence-corrected chi connectivity index (χ4v) is 3.91. The molecule has 1 unspecified atom stereocenters. The first kappa shape index (κ1) is 20.8. The molecule has 1 fully saturated rings. The van der Waals surface area contributed by atoms with E-state index in [9.17, 15) is 4.79 Å². The van der Waals surface area contributed by atoms with Gasteiger partial charge in [-0.3, -0.25) is 9.78 Å². The number of carbonyl (C=O) groups is 1. The van der Waals surface area contributed by atoms with Crippen LogP contribution in [0.15, 0.2) is 60.9 Å². The van der Waals surface area contributed by atoms with E-state index in [2.05, 4.69) is 20.2 Å². The number of hydrogen-bond acceptors (Lipinski definition) is 5. The van der Waals surface area contributed by atoms with E-state index >= 15 is 0 Å². The molecule has 1 saturated heterocycles. The third-order valence-corrected chi connectivity index (χ3v) is 5.72. The zero-order chi connectivity index (χ0) is 21.6. The van der Waals surface area contributed by atoms with Crippen molar-refractivity contribution < 1.29 is 9.53 Å². The van der Waals surface area contributed by atoms with E-state index < -0.39 is 0 Å². The molecule has 6 nitrogen and oxygen atoms in total. The molecule has 0 radical (unpaired) electrons. The molecule has 0 aliphatic carbocycles. The summed E-state index contributed by atoms with van der Waals surface area (Å²) in [6, 6.07) is 15.2. The number of rotatable bonds is 6. The highest BCUT2D eigenvalue weighted by Gasteiger charge is 2.18. The zero-order valence-electron chi connectivity index (χ0n) is 18.0. The average Bonchev–Trinajstić information content (AvgIpc) is 2.84. The van der Waals surface area contributed by atoms with Crippen molar-refractivity contribution in [3.8, 4) is 17.0 Å². The lowest BCUT2D eigenvalue weighted by Crippen LogP contribution is -2.30. The first-order valence-corrected chi connectivity index (χ1v) is 10.8. The summed E-state index contributed by atoms with van der Waals surface area (Å²) in [5.41, 5.74) is 3.47. The fourth-order valence-electron chi connectivity index (χ4n) is 3.91. The van der Waals surface area contributed by atoms with Gasteiger partial charge in [0.15, 0.2) is 5.82 Å². The topological polar surface area (TPSA) is 67.3 Å². The Bertz CT molecular complexity index is 1010. The molecule has 1 N–H and O–H groups in total. The second-order valence-electron chi connectivity index (χ2n) is 7.82. The van der Waals surface area contributed by atoms with E-state index in [1.165, 1.54) is 19.3 Å². The summed E-state index contributed by atoms with van der Waals surface area (Å²) < 4.78 is 5.19. The van der Waals surface area contributed by atoms with Gasteiger partial charge in [0.2, 0.25) is 0 Å². The number of nitrogens with zero attached hydrogens (tertiary/aromatic N) is 3. The highest BCUT2D eigenvalue weighted by atomic mass is 16.5. The SMILES string of the molecule is COc1ccc(C(C)NC(=O)c2ccc(-c3nccnc3N3CCCCC3)cc2)cc1. The van der Waals surface area contributed by atoms with Crippen molar-refractivity contribution in [2.24, 2.45) is 0 Å². The minimum atomic E-state index is -0.108. The Hall–Kier alpha value is -3.41. The van der Waals surface area contributed by atoms with E-state index in [1.807, 2.05) is 55.5 Å². The molecule has 160 valence electrons. The smallest absolute Gasteiger partial charge is 0.251 e. The van der Waals surface area contributed by atoms with Crippen molar-refractivity contribution >= 4 is 11.7 Å². The molecule has 1 aromatic heterocycles. The number of anilines is 1. The van der Waals surface area contributed by atoms with Crippen LogP contribution in [0.4, 0.5) is 5.82 Å². The standard InChI is InChI=1S/C25H28N4O2/c1-18(19-10-12-22(31-2)13-11-19)28-25(30)21-8-6-20(7-9-21)23-24(27-15-14-26-23)29-16-4-3-5-17-29/h6-15,18H,3-5,16-17H2,1-2H3,(H,28,30). The minimum Gasteiger partial charge on any atom is -0.497 e. The maximum Gasteiger partial charge on any atom is 0.251 e. The van der Waals surface area contributed by atoms with E-state index in [1.54, 1.807) is 19.5 Å². The second kappa shape index (κ2) is 9.60. The number of piperidine rings is 1. The molecule has 6 heteroatoms. The monoisotopic (exact) mass is 416 g/mol. The van der Waals surface area contributed by atoms with Crippen LogP contribution in [-0.4, -0.2) is 36.1 Å². The molecule has 0 spiro atoms. The summed E-state index contributed by atoms with van der Waals surface area (Å²) in [5.74, 6) is 1.61. The Labute approximate surface area is 183 Å². The first-order chi connectivity index (χ1) is 15.2. The van der Waals surface area contributed by atoms with E-state index in [0.717, 1.165) is 41.5 Å². The number of amides is 1. The van der Waals surface area contributed by atoms with Gasteiger partial charge < -0.3 is 15.0 Å². The maximum atomic E-state index is 12.7. The van der Waals surface area contributed by atoms with Crippen molar-refractivity contribution in [2.75, 3.05) is 25.1 Å². The number of hydrogen-bond donors (Lipinski definition) is 1. The van der Waals surface area contributed by atoms with Crippen molar-refractivity contribution in [2.45, 2.75) is 32.2 Å². The maximum absolute atomic E-state index is 12.7. The van der Waals surface area contributed by atoms with Gasteiger partial charge in [0.25, 0.3) is 5.91 Å². The number of carbonyl (C=O) groups excluding carboxylic acids is 1. The first-order valence-electron chi connectivity index (χ1n) is 10.8. The van der Waals surface area contributed by atoms with E-state index in [-0.39, 0.29) is 11.9 Å². The van der Waals surface area contributed by atoms with Gasteiger partial charge in [0.1, 0.15) is 11.4 Å².